The second-order valence-electron chi connectivity index (χ2n) is 28.6. The van der Waals surface area contributed by atoms with Gasteiger partial charge < -0.3 is 77.1 Å². The van der Waals surface area contributed by atoms with Crippen LogP contribution in [0.25, 0.3) is 11.0 Å². The van der Waals surface area contributed by atoms with Crippen LogP contribution in [0.15, 0.2) is 164 Å². The molecule has 8 atom stereocenters. The average molecular weight is 1570 g/mol. The van der Waals surface area contributed by atoms with Crippen molar-refractivity contribution in [3.05, 3.63) is 220 Å². The summed E-state index contributed by atoms with van der Waals surface area (Å²) in [7, 11) is 5.96. The molecule has 0 radical (unpaired) electrons. The Morgan fingerprint density at radius 3 is 1.87 bits per heavy atom. The van der Waals surface area contributed by atoms with Gasteiger partial charge in [-0.2, -0.15) is 23.5 Å². The van der Waals surface area contributed by atoms with Crippen LogP contribution in [-0.2, 0) is 96.3 Å². The SMILES string of the molecule is CNC(Cc1cnc[nH]1)C(=O)N(C)[C@@H](C)C(=O)NC(C(=O)NC(Cc1c[nH]c2ncccc12)C(=O)NC(Cc1ccc(C)cc1)C(=O)N(C)C(Cc1ccc(F)cc1)C(=O)N(C)CC(=O)NCCSCc1cccc(CSCCC(=O)NC(Cc2ccc(O)cc2)C(=O)NC(C(=O)NCC=O)C(C)(C)C)c1)c1ccccc1. The van der Waals surface area contributed by atoms with Gasteiger partial charge in [-0.05, 0) is 102 Å². The molecule has 3 aromatic heterocycles. The molecule has 594 valence electrons. The molecule has 0 aliphatic rings. The number of likely N-dealkylation sites (N-methyl/N-ethyl adjacent to an activating group) is 4. The van der Waals surface area contributed by atoms with Gasteiger partial charge in [-0.1, -0.05) is 129 Å². The first-order valence-electron chi connectivity index (χ1n) is 36.8. The predicted molar refractivity (Wildman–Crippen MR) is 428 cm³/mol. The Morgan fingerprint density at radius 2 is 1.21 bits per heavy atom. The molecule has 30 heteroatoms. The zero-order chi connectivity index (χ0) is 81.0. The van der Waals surface area contributed by atoms with Gasteiger partial charge in [0.2, 0.25) is 59.1 Å². The second kappa shape index (κ2) is 42.2. The normalized spacial score (nSPS) is 13.4. The lowest BCUT2D eigenvalue weighted by Crippen LogP contribution is -2.59. The molecule has 0 spiro atoms. The van der Waals surface area contributed by atoms with Crippen LogP contribution in [0.1, 0.15) is 90.4 Å². The highest BCUT2D eigenvalue weighted by atomic mass is 32.2. The molecule has 0 bridgehead atoms. The number of fused-ring (bicyclic) bond motifs is 1. The van der Waals surface area contributed by atoms with Crippen LogP contribution in [0, 0.1) is 18.2 Å². The number of halogens is 1. The zero-order valence-corrected chi connectivity index (χ0v) is 66.0. The van der Waals surface area contributed by atoms with Gasteiger partial charge in [0.25, 0.3) is 0 Å². The van der Waals surface area contributed by atoms with E-state index in [2.05, 4.69) is 68.5 Å². The number of aryl methyl sites for hydroxylation is 1. The van der Waals surface area contributed by atoms with E-state index in [9.17, 15) is 47.9 Å². The number of phenols is 1. The Kier molecular flexibility index (Phi) is 32.6. The average Bonchev–Trinajstić information content (AvgIpc) is 0.906. The molecule has 0 saturated carbocycles. The van der Waals surface area contributed by atoms with Crippen molar-refractivity contribution < 1.29 is 62.2 Å². The van der Waals surface area contributed by atoms with E-state index in [-0.39, 0.29) is 63.3 Å². The molecule has 0 saturated heterocycles. The van der Waals surface area contributed by atoms with E-state index in [1.165, 1.54) is 97.3 Å². The van der Waals surface area contributed by atoms with E-state index in [4.69, 9.17) is 0 Å². The van der Waals surface area contributed by atoms with Crippen LogP contribution in [0.4, 0.5) is 4.39 Å². The maximum atomic E-state index is 15.5. The largest absolute Gasteiger partial charge is 0.508 e. The lowest BCUT2D eigenvalue weighted by atomic mass is 9.85. The Hall–Kier alpha value is -11.2. The minimum absolute atomic E-state index is 0.0346. The van der Waals surface area contributed by atoms with Crippen molar-refractivity contribution in [2.45, 2.75) is 133 Å². The van der Waals surface area contributed by atoms with Gasteiger partial charge in [0.15, 0.2) is 0 Å². The maximum absolute atomic E-state index is 15.5. The molecule has 112 heavy (non-hydrogen) atoms. The number of benzene rings is 5. The highest BCUT2D eigenvalue weighted by Gasteiger charge is 2.39. The number of aromatic nitrogens is 4. The number of pyridine rings is 1. The summed E-state index contributed by atoms with van der Waals surface area (Å²) >= 11 is 3.11. The number of H-pyrrole nitrogens is 2. The highest BCUT2D eigenvalue weighted by Crippen LogP contribution is 2.25. The van der Waals surface area contributed by atoms with Gasteiger partial charge in [-0.15, -0.1) is 0 Å². The maximum Gasteiger partial charge on any atom is 0.247 e. The van der Waals surface area contributed by atoms with Crippen LogP contribution >= 0.6 is 23.5 Å². The minimum Gasteiger partial charge on any atom is -0.508 e. The zero-order valence-electron chi connectivity index (χ0n) is 64.3. The number of hydrogen-bond donors (Lipinski definition) is 11. The number of nitrogens with one attached hydrogen (secondary N) is 10. The summed E-state index contributed by atoms with van der Waals surface area (Å²) in [6.45, 7) is 8.35. The van der Waals surface area contributed by atoms with Gasteiger partial charge >= 0.3 is 0 Å². The van der Waals surface area contributed by atoms with Gasteiger partial charge in [-0.3, -0.25) is 47.9 Å². The van der Waals surface area contributed by atoms with Gasteiger partial charge in [0.1, 0.15) is 65.8 Å². The first-order chi connectivity index (χ1) is 53.6. The number of aromatic amines is 2. The van der Waals surface area contributed by atoms with Crippen molar-refractivity contribution in [3.8, 4) is 5.75 Å². The number of hydrogen-bond acceptors (Lipinski definition) is 17. The summed E-state index contributed by atoms with van der Waals surface area (Å²) in [6, 6.07) is 29.4. The third kappa shape index (κ3) is 25.9. The van der Waals surface area contributed by atoms with Crippen molar-refractivity contribution >= 4 is 99.9 Å². The smallest absolute Gasteiger partial charge is 0.247 e. The van der Waals surface area contributed by atoms with Crippen LogP contribution < -0.4 is 42.5 Å². The number of aldehydes is 1. The lowest BCUT2D eigenvalue weighted by molar-refractivity contribution is -0.146. The quantitative estimate of drug-likeness (QED) is 0.0166. The molecule has 0 aliphatic carbocycles. The second-order valence-corrected chi connectivity index (χ2v) is 30.8. The number of imidazole rings is 1. The van der Waals surface area contributed by atoms with Gasteiger partial charge in [0.05, 0.1) is 25.5 Å². The van der Waals surface area contributed by atoms with Crippen molar-refractivity contribution in [1.29, 1.82) is 0 Å². The fourth-order valence-electron chi connectivity index (χ4n) is 12.4. The van der Waals surface area contributed by atoms with Crippen LogP contribution in [0.3, 0.4) is 0 Å². The van der Waals surface area contributed by atoms with Crippen LogP contribution in [0.2, 0.25) is 0 Å². The molecular weight excluding hydrogens is 1470 g/mol. The van der Waals surface area contributed by atoms with E-state index in [1.807, 2.05) is 37.3 Å². The molecule has 3 heterocycles. The topological polar surface area (TPSA) is 371 Å². The Labute approximate surface area is 659 Å². The van der Waals surface area contributed by atoms with Gasteiger partial charge in [-0.25, -0.2) is 14.4 Å². The fraction of sp³-hybridized carbons (Fsp3) is 0.378. The molecule has 11 N–H and O–H groups in total. The Balaban J connectivity index is 0.904. The standard InChI is InChI=1S/C82H100FN15O12S2/c1-51-20-22-53(23-21-51)41-67(93-75(104)65(43-59-45-89-73-63(59)19-14-33-87-73)92-77(106)71(58-17-11-10-12-18-58)94-74(103)52(2)97(8)79(108)66(84-6)44-61-46-85-50-90-61)80(109)98(9)68(42-55-24-28-60(83)29-25-55)81(110)96(7)47-70(102)86-35-38-112-49-57-16-13-15-56(39-57)48-111-37-32-69(101)91-64(40-54-26-30-62(100)31-27-54)76(105)95-72(82(3,4)5)78(107)88-34-36-99/h10-31,33,36,39,45-46,50,52,64-68,71-72,84,100H,32,34-35,37-38,40-44,47-49H2,1-9H3,(H,85,90)(H,86,102)(H,87,89)(H,88,107)(H,91,101)(H,92,106)(H,93,104)(H,94,103)(H,95,105)/t52-,64?,65?,66?,67?,68?,71?,72?/m0/s1. The summed E-state index contributed by atoms with van der Waals surface area (Å²) < 4.78 is 14.5. The predicted octanol–water partition coefficient (Wildman–Crippen LogP) is 5.50. The third-order valence-electron chi connectivity index (χ3n) is 19.0. The molecule has 7 unspecified atom stereocenters. The molecule has 0 fully saturated rings. The molecule has 27 nitrogen and oxygen atoms in total. The number of carbonyl (C=O) groups is 11. The first-order valence-corrected chi connectivity index (χ1v) is 39.1. The number of phenolic OH excluding ortho intramolecular Hbond substituents is 1. The van der Waals surface area contributed by atoms with E-state index < -0.39 is 119 Å². The number of rotatable bonds is 41. The Bertz CT molecular complexity index is 4490. The number of amides is 10. The van der Waals surface area contributed by atoms with Crippen molar-refractivity contribution in [3.63, 3.8) is 0 Å². The van der Waals surface area contributed by atoms with Crippen molar-refractivity contribution in [2.75, 3.05) is 59.3 Å². The van der Waals surface area contributed by atoms with Crippen LogP contribution in [-0.4, -0.2) is 207 Å². The van der Waals surface area contributed by atoms with E-state index in [1.54, 1.807) is 125 Å². The summed E-state index contributed by atoms with van der Waals surface area (Å²) in [5, 5.41) is 33.2. The first kappa shape index (κ1) is 86.4. The summed E-state index contributed by atoms with van der Waals surface area (Å²) in [5.41, 5.74) is 6.14. The molecule has 8 rings (SSSR count). The minimum atomic E-state index is -1.44. The van der Waals surface area contributed by atoms with Crippen LogP contribution in [0.5, 0.6) is 5.75 Å². The van der Waals surface area contributed by atoms with E-state index >= 15 is 14.4 Å². The van der Waals surface area contributed by atoms with Gasteiger partial charge in [0, 0.05) is 119 Å². The van der Waals surface area contributed by atoms with E-state index in [0.717, 1.165) is 16.7 Å². The third-order valence-corrected chi connectivity index (χ3v) is 21.0. The molecular formula is C82H100FN15O12S2. The highest BCUT2D eigenvalue weighted by molar-refractivity contribution is 7.98. The number of nitrogens with zero attached hydrogens (tertiary/aromatic N) is 5. The molecule has 0 aliphatic heterocycles. The van der Waals surface area contributed by atoms with Crippen molar-refractivity contribution in [2.24, 2.45) is 5.41 Å². The molecule has 5 aromatic carbocycles. The monoisotopic (exact) mass is 1570 g/mol. The molecule has 8 aromatic rings. The summed E-state index contributed by atoms with van der Waals surface area (Å²) in [6.07, 6.45) is 6.95. The fourth-order valence-corrected chi connectivity index (χ4v) is 14.1. The van der Waals surface area contributed by atoms with E-state index in [0.29, 0.717) is 73.8 Å². The number of thioether (sulfide) groups is 2. The molecule has 10 amide bonds. The number of aromatic hydroxyl groups is 1. The lowest BCUT2D eigenvalue weighted by Gasteiger charge is -2.34. The summed E-state index contributed by atoms with van der Waals surface area (Å²) in [5.74, 6) is -4.39. The number of carbonyl (C=O) groups excluding carboxylic acids is 11. The van der Waals surface area contributed by atoms with Crippen molar-refractivity contribution in [1.82, 2.24) is 77.2 Å². The summed E-state index contributed by atoms with van der Waals surface area (Å²) in [4.78, 5) is 172. The Morgan fingerprint density at radius 1 is 0.598 bits per heavy atom.